The summed E-state index contributed by atoms with van der Waals surface area (Å²) >= 11 is 0. The molecule has 0 bridgehead atoms. The first kappa shape index (κ1) is 12.7. The Morgan fingerprint density at radius 3 is 2.83 bits per heavy atom. The lowest BCUT2D eigenvalue weighted by atomic mass is 10.2. The van der Waals surface area contributed by atoms with Crippen molar-refractivity contribution in [2.75, 3.05) is 31.1 Å². The Morgan fingerprint density at radius 1 is 1.44 bits per heavy atom. The molecule has 0 unspecified atom stereocenters. The highest BCUT2D eigenvalue weighted by Gasteiger charge is 2.26. The minimum Gasteiger partial charge on any atom is -0.490 e. The summed E-state index contributed by atoms with van der Waals surface area (Å²) in [7, 11) is 0. The van der Waals surface area contributed by atoms with Crippen molar-refractivity contribution in [1.82, 2.24) is 4.90 Å². The molecule has 1 aliphatic heterocycles. The van der Waals surface area contributed by atoms with Gasteiger partial charge in [-0.05, 0) is 26.0 Å². The molecule has 1 aliphatic rings. The van der Waals surface area contributed by atoms with Gasteiger partial charge in [0, 0.05) is 19.2 Å². The number of ether oxygens (including phenoxy) is 1. The van der Waals surface area contributed by atoms with Gasteiger partial charge < -0.3 is 9.64 Å². The van der Waals surface area contributed by atoms with Gasteiger partial charge in [-0.1, -0.05) is 0 Å². The van der Waals surface area contributed by atoms with Crippen LogP contribution in [0.2, 0.25) is 0 Å². The van der Waals surface area contributed by atoms with Gasteiger partial charge >= 0.3 is 6.03 Å². The molecule has 18 heavy (non-hydrogen) atoms. The van der Waals surface area contributed by atoms with Gasteiger partial charge in [0.2, 0.25) is 0 Å². The summed E-state index contributed by atoms with van der Waals surface area (Å²) in [5.74, 6) is 0.194. The smallest absolute Gasteiger partial charge is 0.324 e. The number of benzene rings is 1. The zero-order valence-electron chi connectivity index (χ0n) is 10.6. The third-order valence-corrected chi connectivity index (χ3v) is 3.05. The van der Waals surface area contributed by atoms with E-state index >= 15 is 0 Å². The van der Waals surface area contributed by atoms with Crippen LogP contribution >= 0.6 is 0 Å². The van der Waals surface area contributed by atoms with Gasteiger partial charge in [0.05, 0.1) is 12.2 Å². The fourth-order valence-electron chi connectivity index (χ4n) is 2.05. The molecular weight excluding hydrogens is 235 g/mol. The highest BCUT2D eigenvalue weighted by Crippen LogP contribution is 2.32. The van der Waals surface area contributed by atoms with Gasteiger partial charge in [0.15, 0.2) is 0 Å². The molecule has 4 nitrogen and oxygen atoms in total. The molecule has 1 aromatic carbocycles. The number of carbonyl (C=O) groups excluding carboxylic acids is 1. The van der Waals surface area contributed by atoms with Crippen molar-refractivity contribution < 1.29 is 13.9 Å². The third kappa shape index (κ3) is 2.25. The number of rotatable bonds is 2. The van der Waals surface area contributed by atoms with Gasteiger partial charge in [0.25, 0.3) is 0 Å². The highest BCUT2D eigenvalue weighted by atomic mass is 19.1. The lowest BCUT2D eigenvalue weighted by Crippen LogP contribution is -2.46. The number of hydrogen-bond donors (Lipinski definition) is 0. The number of hydrogen-bond acceptors (Lipinski definition) is 2. The number of nitrogens with zero attached hydrogens (tertiary/aromatic N) is 2. The van der Waals surface area contributed by atoms with Crippen molar-refractivity contribution in [1.29, 1.82) is 0 Å². The van der Waals surface area contributed by atoms with Crippen molar-refractivity contribution in [3.05, 3.63) is 24.0 Å². The van der Waals surface area contributed by atoms with Crippen LogP contribution in [0.4, 0.5) is 14.9 Å². The van der Waals surface area contributed by atoms with Crippen molar-refractivity contribution in [2.45, 2.75) is 13.8 Å². The second kappa shape index (κ2) is 5.25. The van der Waals surface area contributed by atoms with Gasteiger partial charge in [0.1, 0.15) is 18.2 Å². The van der Waals surface area contributed by atoms with E-state index < -0.39 is 0 Å². The van der Waals surface area contributed by atoms with E-state index in [-0.39, 0.29) is 11.8 Å². The standard InChI is InChI=1S/C13H17FN2O2/c1-3-15(4-2)13(17)16-7-8-18-12-6-5-10(14)9-11(12)16/h5-6,9H,3-4,7-8H2,1-2H3. The summed E-state index contributed by atoms with van der Waals surface area (Å²) in [4.78, 5) is 15.6. The van der Waals surface area contributed by atoms with Crippen LogP contribution in [0.25, 0.3) is 0 Å². The monoisotopic (exact) mass is 252 g/mol. The van der Waals surface area contributed by atoms with E-state index in [0.29, 0.717) is 37.7 Å². The second-order valence-electron chi connectivity index (χ2n) is 4.07. The maximum Gasteiger partial charge on any atom is 0.324 e. The maximum absolute atomic E-state index is 13.3. The summed E-state index contributed by atoms with van der Waals surface area (Å²) in [6.45, 7) is 6.01. The van der Waals surface area contributed by atoms with Crippen LogP contribution in [0.1, 0.15) is 13.8 Å². The second-order valence-corrected chi connectivity index (χ2v) is 4.07. The molecule has 0 aromatic heterocycles. The molecule has 0 spiro atoms. The van der Waals surface area contributed by atoms with Gasteiger partial charge in [-0.25, -0.2) is 9.18 Å². The van der Waals surface area contributed by atoms with E-state index in [1.54, 1.807) is 15.9 Å². The van der Waals surface area contributed by atoms with Crippen LogP contribution < -0.4 is 9.64 Å². The Balaban J connectivity index is 2.32. The first-order valence-electron chi connectivity index (χ1n) is 6.16. The molecule has 0 saturated carbocycles. The van der Waals surface area contributed by atoms with Crippen molar-refractivity contribution in [3.63, 3.8) is 0 Å². The summed E-state index contributed by atoms with van der Waals surface area (Å²) in [5.41, 5.74) is 0.512. The van der Waals surface area contributed by atoms with E-state index in [9.17, 15) is 9.18 Å². The summed E-state index contributed by atoms with van der Waals surface area (Å²) in [6.07, 6.45) is 0. The average Bonchev–Trinajstić information content (AvgIpc) is 2.39. The summed E-state index contributed by atoms with van der Waals surface area (Å²) < 4.78 is 18.7. The van der Waals surface area contributed by atoms with Crippen LogP contribution in [0.15, 0.2) is 18.2 Å². The van der Waals surface area contributed by atoms with Gasteiger partial charge in [-0.15, -0.1) is 0 Å². The molecule has 0 fully saturated rings. The quantitative estimate of drug-likeness (QED) is 0.810. The molecule has 0 atom stereocenters. The van der Waals surface area contributed by atoms with Crippen LogP contribution in [0, 0.1) is 5.82 Å². The van der Waals surface area contributed by atoms with Crippen molar-refractivity contribution >= 4 is 11.7 Å². The van der Waals surface area contributed by atoms with Crippen molar-refractivity contribution in [3.8, 4) is 5.75 Å². The molecule has 1 heterocycles. The van der Waals surface area contributed by atoms with Gasteiger partial charge in [-0.2, -0.15) is 0 Å². The Morgan fingerprint density at radius 2 is 2.17 bits per heavy atom. The Bertz CT molecular complexity index is 447. The fourth-order valence-corrected chi connectivity index (χ4v) is 2.05. The topological polar surface area (TPSA) is 32.8 Å². The highest BCUT2D eigenvalue weighted by molar-refractivity contribution is 5.94. The fraction of sp³-hybridized carbons (Fsp3) is 0.462. The summed E-state index contributed by atoms with van der Waals surface area (Å²) in [5, 5.41) is 0. The van der Waals surface area contributed by atoms with E-state index in [0.717, 1.165) is 0 Å². The molecular formula is C13H17FN2O2. The van der Waals surface area contributed by atoms with Crippen LogP contribution in [0.5, 0.6) is 5.75 Å². The number of amides is 2. The lowest BCUT2D eigenvalue weighted by molar-refractivity contribution is 0.205. The van der Waals surface area contributed by atoms with E-state index in [1.165, 1.54) is 12.1 Å². The van der Waals surface area contributed by atoms with Crippen LogP contribution in [-0.4, -0.2) is 37.2 Å². The maximum atomic E-state index is 13.3. The predicted octanol–water partition coefficient (Wildman–Crippen LogP) is 2.49. The van der Waals surface area contributed by atoms with Crippen LogP contribution in [0.3, 0.4) is 0 Å². The minimum atomic E-state index is -0.364. The first-order chi connectivity index (χ1) is 8.67. The normalized spacial score (nSPS) is 13.8. The number of anilines is 1. The van der Waals surface area contributed by atoms with Crippen molar-refractivity contribution in [2.24, 2.45) is 0 Å². The summed E-state index contributed by atoms with van der Waals surface area (Å²) in [6, 6.07) is 4.14. The Labute approximate surface area is 106 Å². The molecule has 0 radical (unpaired) electrons. The molecule has 1 aromatic rings. The zero-order valence-corrected chi connectivity index (χ0v) is 10.6. The predicted molar refractivity (Wildman–Crippen MR) is 67.6 cm³/mol. The molecule has 0 aliphatic carbocycles. The number of carbonyl (C=O) groups is 1. The van der Waals surface area contributed by atoms with E-state index in [1.807, 2.05) is 13.8 Å². The number of halogens is 1. The Kier molecular flexibility index (Phi) is 3.69. The zero-order chi connectivity index (χ0) is 13.1. The largest absolute Gasteiger partial charge is 0.490 e. The van der Waals surface area contributed by atoms with E-state index in [4.69, 9.17) is 4.74 Å². The lowest BCUT2D eigenvalue weighted by Gasteiger charge is -2.33. The Hall–Kier alpha value is -1.78. The molecule has 98 valence electrons. The average molecular weight is 252 g/mol. The number of fused-ring (bicyclic) bond motifs is 1. The molecule has 2 rings (SSSR count). The van der Waals surface area contributed by atoms with Gasteiger partial charge in [-0.3, -0.25) is 4.90 Å². The van der Waals surface area contributed by atoms with E-state index in [2.05, 4.69) is 0 Å². The molecule has 0 saturated heterocycles. The van der Waals surface area contributed by atoms with Crippen LogP contribution in [-0.2, 0) is 0 Å². The third-order valence-electron chi connectivity index (χ3n) is 3.05. The first-order valence-corrected chi connectivity index (χ1v) is 6.16. The number of urea groups is 1. The SMILES string of the molecule is CCN(CC)C(=O)N1CCOc2ccc(F)cc21. The molecule has 2 amide bonds. The molecule has 5 heteroatoms. The minimum absolute atomic E-state index is 0.102. The molecule has 0 N–H and O–H groups in total.